The fourth-order valence-electron chi connectivity index (χ4n) is 2.04. The van der Waals surface area contributed by atoms with E-state index in [2.05, 4.69) is 16.0 Å². The number of carbonyl (C=O) groups is 3. The zero-order valence-electron chi connectivity index (χ0n) is 11.2. The van der Waals surface area contributed by atoms with Gasteiger partial charge in [-0.15, -0.1) is 0 Å². The summed E-state index contributed by atoms with van der Waals surface area (Å²) in [5.74, 6) is -0.592. The molecule has 0 radical (unpaired) electrons. The van der Waals surface area contributed by atoms with Crippen molar-refractivity contribution in [1.29, 1.82) is 0 Å². The van der Waals surface area contributed by atoms with Crippen LogP contribution in [0.1, 0.15) is 12.5 Å². The molecular weight excluding hydrogens is 258 g/mol. The first kappa shape index (κ1) is 14.0. The van der Waals surface area contributed by atoms with E-state index in [1.165, 1.54) is 6.92 Å². The molecule has 0 spiro atoms. The van der Waals surface area contributed by atoms with Gasteiger partial charge in [0.05, 0.1) is 12.5 Å². The van der Waals surface area contributed by atoms with Crippen LogP contribution in [0.15, 0.2) is 30.3 Å². The summed E-state index contributed by atoms with van der Waals surface area (Å²) < 4.78 is 0. The Morgan fingerprint density at radius 3 is 2.55 bits per heavy atom. The predicted octanol–water partition coefficient (Wildman–Crippen LogP) is -0.652. The molecule has 2 atom stereocenters. The lowest BCUT2D eigenvalue weighted by Crippen LogP contribution is -2.71. The number of hydrogen-bond acceptors (Lipinski definition) is 3. The van der Waals surface area contributed by atoms with Gasteiger partial charge in [0.15, 0.2) is 0 Å². The van der Waals surface area contributed by atoms with Crippen molar-refractivity contribution in [3.63, 3.8) is 0 Å². The molecule has 2 rings (SSSR count). The third-order valence-electron chi connectivity index (χ3n) is 3.11. The van der Waals surface area contributed by atoms with Crippen molar-refractivity contribution in [3.8, 4) is 0 Å². The maximum atomic E-state index is 11.9. The monoisotopic (exact) mass is 275 g/mol. The van der Waals surface area contributed by atoms with E-state index in [0.717, 1.165) is 5.56 Å². The molecule has 0 unspecified atom stereocenters. The number of rotatable bonds is 5. The average molecular weight is 275 g/mol. The number of amides is 3. The van der Waals surface area contributed by atoms with Crippen molar-refractivity contribution in [2.45, 2.75) is 25.4 Å². The molecule has 0 aliphatic carbocycles. The van der Waals surface area contributed by atoms with E-state index >= 15 is 0 Å². The minimum atomic E-state index is -0.571. The van der Waals surface area contributed by atoms with E-state index in [0.29, 0.717) is 6.54 Å². The summed E-state index contributed by atoms with van der Waals surface area (Å²) in [5.41, 5.74) is 0.892. The van der Waals surface area contributed by atoms with Crippen LogP contribution in [-0.4, -0.2) is 36.3 Å². The highest BCUT2D eigenvalue weighted by atomic mass is 16.2. The Balaban J connectivity index is 1.83. The normalized spacial score (nSPS) is 20.6. The molecule has 1 fully saturated rings. The van der Waals surface area contributed by atoms with Gasteiger partial charge in [-0.25, -0.2) is 0 Å². The van der Waals surface area contributed by atoms with Crippen LogP contribution in [-0.2, 0) is 20.8 Å². The van der Waals surface area contributed by atoms with Crippen molar-refractivity contribution < 1.29 is 14.4 Å². The zero-order valence-corrected chi connectivity index (χ0v) is 11.2. The summed E-state index contributed by atoms with van der Waals surface area (Å²) in [5, 5.41) is 7.95. The summed E-state index contributed by atoms with van der Waals surface area (Å²) in [4.78, 5) is 34.1. The number of hydrogen-bond donors (Lipinski definition) is 3. The SMILES string of the molecule is CC(=O)NC[C@@H]1NC(=O)[C@@H]1NC(=O)Cc1ccccc1. The van der Waals surface area contributed by atoms with Crippen molar-refractivity contribution >= 4 is 17.7 Å². The van der Waals surface area contributed by atoms with E-state index in [1.807, 2.05) is 30.3 Å². The maximum Gasteiger partial charge on any atom is 0.245 e. The standard InChI is InChI=1S/C14H17N3O3/c1-9(18)15-8-11-13(14(20)16-11)17-12(19)7-10-5-3-2-4-6-10/h2-6,11,13H,7-8H2,1H3,(H,15,18)(H,16,20)(H,17,19)/t11-,13+/m0/s1. The Morgan fingerprint density at radius 2 is 1.95 bits per heavy atom. The van der Waals surface area contributed by atoms with Crippen molar-refractivity contribution in [2.24, 2.45) is 0 Å². The van der Waals surface area contributed by atoms with E-state index in [-0.39, 0.29) is 30.2 Å². The first-order chi connectivity index (χ1) is 9.56. The predicted molar refractivity (Wildman–Crippen MR) is 72.7 cm³/mol. The Morgan fingerprint density at radius 1 is 1.25 bits per heavy atom. The lowest BCUT2D eigenvalue weighted by atomic mass is 9.98. The number of β-lactam (4-membered cyclic amide) rings is 1. The third-order valence-corrected chi connectivity index (χ3v) is 3.11. The fraction of sp³-hybridized carbons (Fsp3) is 0.357. The van der Waals surface area contributed by atoms with Gasteiger partial charge in [0.25, 0.3) is 0 Å². The minimum Gasteiger partial charge on any atom is -0.354 e. The van der Waals surface area contributed by atoms with Gasteiger partial charge in [0, 0.05) is 13.5 Å². The van der Waals surface area contributed by atoms with Crippen LogP contribution in [0.25, 0.3) is 0 Å². The largest absolute Gasteiger partial charge is 0.354 e. The smallest absolute Gasteiger partial charge is 0.245 e. The van der Waals surface area contributed by atoms with Gasteiger partial charge in [0.2, 0.25) is 17.7 Å². The highest BCUT2D eigenvalue weighted by Gasteiger charge is 2.40. The summed E-state index contributed by atoms with van der Waals surface area (Å²) in [6, 6.07) is 8.50. The highest BCUT2D eigenvalue weighted by molar-refractivity contribution is 5.94. The molecule has 1 saturated heterocycles. The molecule has 0 bridgehead atoms. The maximum absolute atomic E-state index is 11.9. The molecule has 1 heterocycles. The van der Waals surface area contributed by atoms with E-state index in [9.17, 15) is 14.4 Å². The Labute approximate surface area is 116 Å². The number of nitrogens with one attached hydrogen (secondary N) is 3. The first-order valence-corrected chi connectivity index (χ1v) is 6.44. The Kier molecular flexibility index (Phi) is 4.34. The van der Waals surface area contributed by atoms with Crippen LogP contribution >= 0.6 is 0 Å². The molecule has 6 nitrogen and oxygen atoms in total. The second-order valence-corrected chi connectivity index (χ2v) is 4.76. The molecule has 106 valence electrons. The van der Waals surface area contributed by atoms with E-state index in [4.69, 9.17) is 0 Å². The molecule has 1 aromatic rings. The van der Waals surface area contributed by atoms with Gasteiger partial charge in [-0.1, -0.05) is 30.3 Å². The van der Waals surface area contributed by atoms with Crippen LogP contribution in [0.5, 0.6) is 0 Å². The van der Waals surface area contributed by atoms with Crippen molar-refractivity contribution in [2.75, 3.05) is 6.54 Å². The second-order valence-electron chi connectivity index (χ2n) is 4.76. The molecule has 3 amide bonds. The van der Waals surface area contributed by atoms with Crippen LogP contribution in [0.3, 0.4) is 0 Å². The van der Waals surface area contributed by atoms with Crippen LogP contribution in [0.4, 0.5) is 0 Å². The molecule has 1 aromatic carbocycles. The lowest BCUT2D eigenvalue weighted by molar-refractivity contribution is -0.136. The van der Waals surface area contributed by atoms with Crippen molar-refractivity contribution in [3.05, 3.63) is 35.9 Å². The molecule has 0 saturated carbocycles. The fourth-order valence-corrected chi connectivity index (χ4v) is 2.04. The molecule has 1 aliphatic rings. The van der Waals surface area contributed by atoms with Gasteiger partial charge in [-0.2, -0.15) is 0 Å². The van der Waals surface area contributed by atoms with Crippen LogP contribution in [0, 0.1) is 0 Å². The summed E-state index contributed by atoms with van der Waals surface area (Å²) in [7, 11) is 0. The highest BCUT2D eigenvalue weighted by Crippen LogP contribution is 2.07. The topological polar surface area (TPSA) is 87.3 Å². The third kappa shape index (κ3) is 3.57. The number of benzene rings is 1. The van der Waals surface area contributed by atoms with Gasteiger partial charge in [-0.05, 0) is 5.56 Å². The Bertz CT molecular complexity index is 516. The molecule has 6 heteroatoms. The van der Waals surface area contributed by atoms with Crippen LogP contribution < -0.4 is 16.0 Å². The van der Waals surface area contributed by atoms with Gasteiger partial charge >= 0.3 is 0 Å². The van der Waals surface area contributed by atoms with E-state index < -0.39 is 6.04 Å². The quantitative estimate of drug-likeness (QED) is 0.624. The molecule has 0 aromatic heterocycles. The average Bonchev–Trinajstić information content (AvgIpc) is 2.41. The number of carbonyl (C=O) groups excluding carboxylic acids is 3. The lowest BCUT2D eigenvalue weighted by Gasteiger charge is -2.37. The van der Waals surface area contributed by atoms with Crippen LogP contribution in [0.2, 0.25) is 0 Å². The minimum absolute atomic E-state index is 0.166. The summed E-state index contributed by atoms with van der Waals surface area (Å²) in [6.07, 6.45) is 0.234. The molecule has 3 N–H and O–H groups in total. The summed E-state index contributed by atoms with van der Waals surface area (Å²) in [6.45, 7) is 1.72. The second kappa shape index (κ2) is 6.18. The molecule has 1 aliphatic heterocycles. The molecule has 20 heavy (non-hydrogen) atoms. The summed E-state index contributed by atoms with van der Waals surface area (Å²) >= 11 is 0. The van der Waals surface area contributed by atoms with Gasteiger partial charge in [-0.3, -0.25) is 14.4 Å². The zero-order chi connectivity index (χ0) is 14.5. The van der Waals surface area contributed by atoms with Crippen molar-refractivity contribution in [1.82, 2.24) is 16.0 Å². The van der Waals surface area contributed by atoms with Gasteiger partial charge < -0.3 is 16.0 Å². The molecular formula is C14H17N3O3. The van der Waals surface area contributed by atoms with Gasteiger partial charge in [0.1, 0.15) is 6.04 Å². The van der Waals surface area contributed by atoms with E-state index in [1.54, 1.807) is 0 Å². The Hall–Kier alpha value is -2.37. The first-order valence-electron chi connectivity index (χ1n) is 6.44.